The molecule has 0 saturated carbocycles. The Bertz CT molecular complexity index is 898. The lowest BCUT2D eigenvalue weighted by Crippen LogP contribution is -2.57. The fraction of sp³-hybridized carbons (Fsp3) is 0.478. The van der Waals surface area contributed by atoms with Crippen molar-refractivity contribution in [3.8, 4) is 0 Å². The summed E-state index contributed by atoms with van der Waals surface area (Å²) in [6.07, 6.45) is 3.87. The number of nitrogens with one attached hydrogen (secondary N) is 2. The van der Waals surface area contributed by atoms with Gasteiger partial charge in [-0.1, -0.05) is 18.2 Å². The molecule has 2 amide bonds. The number of carbonyl (C=O) groups is 2. The molecule has 3 saturated heterocycles. The largest absolute Gasteiger partial charge is 0.467 e. The Balaban J connectivity index is 1.34. The number of amides is 2. The molecule has 31 heavy (non-hydrogen) atoms. The number of ether oxygens (including phenoxy) is 1. The van der Waals surface area contributed by atoms with Crippen LogP contribution >= 0.6 is 0 Å². The van der Waals surface area contributed by atoms with E-state index >= 15 is 0 Å². The molecule has 3 aliphatic rings. The molecule has 2 N–H and O–H groups in total. The Morgan fingerprint density at radius 3 is 2.77 bits per heavy atom. The van der Waals surface area contributed by atoms with Gasteiger partial charge in [0.15, 0.2) is 0 Å². The molecule has 4 heterocycles. The maximum Gasteiger partial charge on any atom is 0.247 e. The van der Waals surface area contributed by atoms with Crippen molar-refractivity contribution in [3.63, 3.8) is 0 Å². The third kappa shape index (κ3) is 4.23. The molecule has 5 rings (SSSR count). The molecule has 2 aromatic rings. The number of para-hydroxylation sites is 1. The van der Waals surface area contributed by atoms with Crippen molar-refractivity contribution in [1.82, 2.24) is 15.6 Å². The molecule has 164 valence electrons. The first kappa shape index (κ1) is 20.2. The van der Waals surface area contributed by atoms with Gasteiger partial charge in [-0.3, -0.25) is 14.5 Å². The Morgan fingerprint density at radius 2 is 2.03 bits per heavy atom. The second-order valence-electron chi connectivity index (χ2n) is 8.53. The topological polar surface area (TPSA) is 87.0 Å². The van der Waals surface area contributed by atoms with Gasteiger partial charge in [-0.05, 0) is 37.1 Å². The Hall–Kier alpha value is -2.68. The summed E-state index contributed by atoms with van der Waals surface area (Å²) in [5.41, 5.74) is 4.13. The monoisotopic (exact) mass is 424 g/mol. The van der Waals surface area contributed by atoms with Gasteiger partial charge in [0.25, 0.3) is 0 Å². The van der Waals surface area contributed by atoms with E-state index in [-0.39, 0.29) is 35.8 Å². The summed E-state index contributed by atoms with van der Waals surface area (Å²) in [6, 6.07) is 12.9. The van der Waals surface area contributed by atoms with Gasteiger partial charge in [0.05, 0.1) is 42.5 Å². The van der Waals surface area contributed by atoms with E-state index in [9.17, 15) is 9.59 Å². The van der Waals surface area contributed by atoms with Crippen LogP contribution in [0.5, 0.6) is 0 Å². The number of hydrazine groups is 1. The number of rotatable bonds is 6. The summed E-state index contributed by atoms with van der Waals surface area (Å²) in [4.78, 5) is 28.7. The van der Waals surface area contributed by atoms with Crippen LogP contribution in [0.2, 0.25) is 0 Å². The van der Waals surface area contributed by atoms with E-state index in [0.717, 1.165) is 31.7 Å². The highest BCUT2D eigenvalue weighted by molar-refractivity contribution is 5.98. The minimum atomic E-state index is -0.354. The summed E-state index contributed by atoms with van der Waals surface area (Å²) in [5.74, 6) is 0.0107. The lowest BCUT2D eigenvalue weighted by molar-refractivity contribution is -0.130. The van der Waals surface area contributed by atoms with E-state index in [2.05, 4.69) is 15.6 Å². The molecule has 1 aromatic heterocycles. The van der Waals surface area contributed by atoms with E-state index < -0.39 is 0 Å². The van der Waals surface area contributed by atoms with Crippen LogP contribution in [0.25, 0.3) is 0 Å². The summed E-state index contributed by atoms with van der Waals surface area (Å²) in [7, 11) is 0. The number of nitrogens with zero attached hydrogens (tertiary/aromatic N) is 2. The fourth-order valence-corrected chi connectivity index (χ4v) is 4.90. The fourth-order valence-electron chi connectivity index (χ4n) is 4.90. The van der Waals surface area contributed by atoms with Gasteiger partial charge in [0, 0.05) is 26.2 Å². The van der Waals surface area contributed by atoms with Crippen molar-refractivity contribution in [2.24, 2.45) is 11.8 Å². The molecule has 3 aliphatic heterocycles. The second-order valence-corrected chi connectivity index (χ2v) is 8.53. The van der Waals surface area contributed by atoms with Gasteiger partial charge < -0.3 is 14.5 Å². The van der Waals surface area contributed by atoms with E-state index in [1.807, 2.05) is 36.4 Å². The zero-order valence-electron chi connectivity index (χ0n) is 17.4. The normalized spacial score (nSPS) is 28.6. The van der Waals surface area contributed by atoms with Crippen LogP contribution in [0.3, 0.4) is 0 Å². The predicted molar refractivity (Wildman–Crippen MR) is 114 cm³/mol. The lowest BCUT2D eigenvalue weighted by Gasteiger charge is -2.39. The van der Waals surface area contributed by atoms with Crippen LogP contribution in [-0.2, 0) is 20.9 Å². The maximum atomic E-state index is 13.3. The molecule has 0 radical (unpaired) electrons. The summed E-state index contributed by atoms with van der Waals surface area (Å²) < 4.78 is 11.2. The minimum Gasteiger partial charge on any atom is -0.467 e. The van der Waals surface area contributed by atoms with Gasteiger partial charge >= 0.3 is 0 Å². The van der Waals surface area contributed by atoms with E-state index in [0.29, 0.717) is 25.4 Å². The number of hydrogen-bond acceptors (Lipinski definition) is 6. The van der Waals surface area contributed by atoms with Crippen LogP contribution in [0.1, 0.15) is 18.6 Å². The molecular formula is C23H28N4O4. The lowest BCUT2D eigenvalue weighted by atomic mass is 9.83. The molecule has 0 aliphatic carbocycles. The summed E-state index contributed by atoms with van der Waals surface area (Å²) >= 11 is 0. The Morgan fingerprint density at radius 1 is 1.16 bits per heavy atom. The number of benzene rings is 1. The molecule has 0 bridgehead atoms. The molecule has 8 heteroatoms. The highest BCUT2D eigenvalue weighted by Crippen LogP contribution is 2.32. The zero-order valence-corrected chi connectivity index (χ0v) is 17.4. The van der Waals surface area contributed by atoms with Crippen LogP contribution in [0.15, 0.2) is 53.1 Å². The van der Waals surface area contributed by atoms with E-state index in [1.165, 1.54) is 0 Å². The van der Waals surface area contributed by atoms with Gasteiger partial charge in [-0.2, -0.15) is 0 Å². The van der Waals surface area contributed by atoms with Gasteiger partial charge in [-0.25, -0.2) is 10.4 Å². The molecule has 3 fully saturated rings. The average molecular weight is 425 g/mol. The number of likely N-dealkylation sites (tertiary alicyclic amines) is 1. The molecule has 0 spiro atoms. The van der Waals surface area contributed by atoms with Crippen molar-refractivity contribution in [2.45, 2.75) is 31.5 Å². The number of furan rings is 1. The Kier molecular flexibility index (Phi) is 5.76. The SMILES string of the molecule is O=C(NCc1ccco1)C1CN(CC2CCCO2)CC2C(=O)N(c3ccccc3)NC12. The molecule has 4 unspecified atom stereocenters. The highest BCUT2D eigenvalue weighted by atomic mass is 16.5. The number of piperidine rings is 1. The van der Waals surface area contributed by atoms with Gasteiger partial charge in [0.2, 0.25) is 11.8 Å². The standard InChI is InChI=1S/C23H28N4O4/c28-22(24-12-17-8-4-10-30-17)19-14-26(13-18-9-5-11-31-18)15-20-21(19)25-27(23(20)29)16-6-2-1-3-7-16/h1-4,6-8,10,18-21,25H,5,9,11-15H2,(H,24,28). The number of fused-ring (bicyclic) bond motifs is 1. The van der Waals surface area contributed by atoms with Crippen LogP contribution in [0, 0.1) is 11.8 Å². The van der Waals surface area contributed by atoms with Crippen molar-refractivity contribution in [3.05, 3.63) is 54.5 Å². The highest BCUT2D eigenvalue weighted by Gasteiger charge is 2.51. The van der Waals surface area contributed by atoms with Crippen LogP contribution in [-0.4, -0.2) is 55.1 Å². The molecule has 1 aromatic carbocycles. The van der Waals surface area contributed by atoms with Gasteiger partial charge in [0.1, 0.15) is 5.76 Å². The number of anilines is 1. The maximum absolute atomic E-state index is 13.3. The summed E-state index contributed by atoms with van der Waals surface area (Å²) in [5, 5.41) is 4.60. The molecular weight excluding hydrogens is 396 g/mol. The molecule has 8 nitrogen and oxygen atoms in total. The van der Waals surface area contributed by atoms with Gasteiger partial charge in [-0.15, -0.1) is 0 Å². The predicted octanol–water partition coefficient (Wildman–Crippen LogP) is 1.54. The first-order valence-corrected chi connectivity index (χ1v) is 11.0. The summed E-state index contributed by atoms with van der Waals surface area (Å²) in [6.45, 7) is 3.10. The first-order valence-electron chi connectivity index (χ1n) is 11.0. The average Bonchev–Trinajstić information content (AvgIpc) is 3.55. The third-order valence-electron chi connectivity index (χ3n) is 6.45. The Labute approximate surface area is 181 Å². The number of hydrogen-bond donors (Lipinski definition) is 2. The molecule has 4 atom stereocenters. The smallest absolute Gasteiger partial charge is 0.247 e. The van der Waals surface area contributed by atoms with Crippen molar-refractivity contribution < 1.29 is 18.7 Å². The van der Waals surface area contributed by atoms with Crippen LogP contribution < -0.4 is 15.8 Å². The third-order valence-corrected chi connectivity index (χ3v) is 6.45. The quantitative estimate of drug-likeness (QED) is 0.732. The van der Waals surface area contributed by atoms with E-state index in [4.69, 9.17) is 9.15 Å². The van der Waals surface area contributed by atoms with Crippen molar-refractivity contribution in [1.29, 1.82) is 0 Å². The van der Waals surface area contributed by atoms with E-state index in [1.54, 1.807) is 17.3 Å². The second kappa shape index (κ2) is 8.82. The first-order chi connectivity index (χ1) is 15.2. The van der Waals surface area contributed by atoms with Crippen molar-refractivity contribution in [2.75, 3.05) is 31.3 Å². The zero-order chi connectivity index (χ0) is 21.2. The van der Waals surface area contributed by atoms with Crippen molar-refractivity contribution >= 4 is 17.5 Å². The van der Waals surface area contributed by atoms with Crippen LogP contribution in [0.4, 0.5) is 5.69 Å². The minimum absolute atomic E-state index is 0.0112. The number of carbonyl (C=O) groups excluding carboxylic acids is 2.